The van der Waals surface area contributed by atoms with Crippen molar-refractivity contribution in [3.05, 3.63) is 29.6 Å². The second-order valence-corrected chi connectivity index (χ2v) is 5.23. The summed E-state index contributed by atoms with van der Waals surface area (Å²) in [6, 6.07) is 3.32. The van der Waals surface area contributed by atoms with Gasteiger partial charge in [-0.25, -0.2) is 4.39 Å². The molecule has 0 fully saturated rings. The number of benzene rings is 1. The molecule has 1 aromatic carbocycles. The standard InChI is InChI=1S/C13H18FNO2/c1-13(2,3)6-7-15-12(17)10-8-9(14)4-5-11(10)16/h4-5,8,16H,6-7H2,1-3H3,(H,15,17). The van der Waals surface area contributed by atoms with Gasteiger partial charge in [0.15, 0.2) is 0 Å². The van der Waals surface area contributed by atoms with Gasteiger partial charge in [-0.3, -0.25) is 4.79 Å². The molecule has 2 N–H and O–H groups in total. The molecule has 94 valence electrons. The fraction of sp³-hybridized carbons (Fsp3) is 0.462. The van der Waals surface area contributed by atoms with E-state index < -0.39 is 11.7 Å². The first-order chi connectivity index (χ1) is 7.79. The average molecular weight is 239 g/mol. The maximum atomic E-state index is 12.9. The van der Waals surface area contributed by atoms with Crippen LogP contribution in [0.4, 0.5) is 4.39 Å². The summed E-state index contributed by atoms with van der Waals surface area (Å²) in [5.74, 6) is -1.20. The number of carbonyl (C=O) groups is 1. The number of carbonyl (C=O) groups excluding carboxylic acids is 1. The largest absolute Gasteiger partial charge is 0.507 e. The molecule has 0 aliphatic carbocycles. The van der Waals surface area contributed by atoms with E-state index in [4.69, 9.17) is 0 Å². The van der Waals surface area contributed by atoms with E-state index in [1.54, 1.807) is 0 Å². The van der Waals surface area contributed by atoms with Crippen LogP contribution in [-0.4, -0.2) is 17.6 Å². The van der Waals surface area contributed by atoms with Crippen molar-refractivity contribution in [1.82, 2.24) is 5.32 Å². The highest BCUT2D eigenvalue weighted by Crippen LogP contribution is 2.19. The number of phenolic OH excluding ortho intramolecular Hbond substituents is 1. The molecular weight excluding hydrogens is 221 g/mol. The van der Waals surface area contributed by atoms with Crippen LogP contribution in [0.25, 0.3) is 0 Å². The van der Waals surface area contributed by atoms with E-state index >= 15 is 0 Å². The van der Waals surface area contributed by atoms with E-state index in [0.29, 0.717) is 6.54 Å². The summed E-state index contributed by atoms with van der Waals surface area (Å²) in [6.07, 6.45) is 0.814. The lowest BCUT2D eigenvalue weighted by atomic mass is 9.92. The summed E-state index contributed by atoms with van der Waals surface area (Å²) in [6.45, 7) is 6.70. The first-order valence-electron chi connectivity index (χ1n) is 5.56. The highest BCUT2D eigenvalue weighted by atomic mass is 19.1. The van der Waals surface area contributed by atoms with Gasteiger partial charge in [0.1, 0.15) is 11.6 Å². The molecule has 0 bridgehead atoms. The number of aromatic hydroxyl groups is 1. The van der Waals surface area contributed by atoms with Gasteiger partial charge in [-0.15, -0.1) is 0 Å². The van der Waals surface area contributed by atoms with E-state index in [9.17, 15) is 14.3 Å². The van der Waals surface area contributed by atoms with Gasteiger partial charge >= 0.3 is 0 Å². The van der Waals surface area contributed by atoms with Crippen molar-refractivity contribution in [2.24, 2.45) is 5.41 Å². The molecule has 17 heavy (non-hydrogen) atoms. The van der Waals surface area contributed by atoms with Crippen molar-refractivity contribution < 1.29 is 14.3 Å². The molecule has 0 atom stereocenters. The van der Waals surface area contributed by atoms with Gasteiger partial charge in [0.05, 0.1) is 5.56 Å². The lowest BCUT2D eigenvalue weighted by Crippen LogP contribution is -2.27. The third-order valence-electron chi connectivity index (χ3n) is 2.36. The van der Waals surface area contributed by atoms with Crippen LogP contribution in [0, 0.1) is 11.2 Å². The number of halogens is 1. The van der Waals surface area contributed by atoms with Crippen molar-refractivity contribution in [3.63, 3.8) is 0 Å². The van der Waals surface area contributed by atoms with Gasteiger partial charge in [0.2, 0.25) is 0 Å². The number of hydrogen-bond donors (Lipinski definition) is 2. The van der Waals surface area contributed by atoms with Crippen molar-refractivity contribution in [1.29, 1.82) is 0 Å². The van der Waals surface area contributed by atoms with Crippen LogP contribution in [0.15, 0.2) is 18.2 Å². The van der Waals surface area contributed by atoms with Gasteiger partial charge < -0.3 is 10.4 Å². The molecule has 0 saturated heterocycles. The first-order valence-corrected chi connectivity index (χ1v) is 5.56. The number of nitrogens with one attached hydrogen (secondary N) is 1. The van der Waals surface area contributed by atoms with E-state index in [0.717, 1.165) is 18.6 Å². The molecule has 0 aliphatic rings. The number of phenols is 1. The lowest BCUT2D eigenvalue weighted by molar-refractivity contribution is 0.0946. The Morgan fingerprint density at radius 3 is 2.65 bits per heavy atom. The SMILES string of the molecule is CC(C)(C)CCNC(=O)c1cc(F)ccc1O. The van der Waals surface area contributed by atoms with Crippen LogP contribution >= 0.6 is 0 Å². The molecule has 0 radical (unpaired) electrons. The minimum atomic E-state index is -0.538. The van der Waals surface area contributed by atoms with Crippen molar-refractivity contribution >= 4 is 5.91 Å². The van der Waals surface area contributed by atoms with Gasteiger partial charge in [-0.2, -0.15) is 0 Å². The van der Waals surface area contributed by atoms with Gasteiger partial charge in [0, 0.05) is 6.54 Å². The Morgan fingerprint density at radius 2 is 2.06 bits per heavy atom. The van der Waals surface area contributed by atoms with E-state index in [1.807, 2.05) is 0 Å². The topological polar surface area (TPSA) is 49.3 Å². The Morgan fingerprint density at radius 1 is 1.41 bits per heavy atom. The van der Waals surface area contributed by atoms with Crippen LogP contribution < -0.4 is 5.32 Å². The highest BCUT2D eigenvalue weighted by Gasteiger charge is 2.14. The quantitative estimate of drug-likeness (QED) is 0.852. The average Bonchev–Trinajstić information content (AvgIpc) is 2.19. The Kier molecular flexibility index (Phi) is 4.10. The summed E-state index contributed by atoms with van der Waals surface area (Å²) in [5, 5.41) is 12.1. The van der Waals surface area contributed by atoms with Crippen molar-refractivity contribution in [3.8, 4) is 5.75 Å². The summed E-state index contributed by atoms with van der Waals surface area (Å²) in [7, 11) is 0. The Balaban J connectivity index is 2.61. The van der Waals surface area contributed by atoms with Crippen LogP contribution in [0.3, 0.4) is 0 Å². The van der Waals surface area contributed by atoms with Gasteiger partial charge in [-0.05, 0) is 30.0 Å². The molecule has 0 unspecified atom stereocenters. The molecule has 0 aromatic heterocycles. The second-order valence-electron chi connectivity index (χ2n) is 5.23. The zero-order valence-electron chi connectivity index (χ0n) is 10.4. The third-order valence-corrected chi connectivity index (χ3v) is 2.36. The third kappa shape index (κ3) is 4.43. The Hall–Kier alpha value is -1.58. The van der Waals surface area contributed by atoms with Gasteiger partial charge in [0.25, 0.3) is 5.91 Å². The summed E-state index contributed by atoms with van der Waals surface area (Å²) in [5.41, 5.74) is 0.0935. The molecule has 0 aliphatic heterocycles. The molecule has 0 saturated carbocycles. The fourth-order valence-corrected chi connectivity index (χ4v) is 1.34. The zero-order chi connectivity index (χ0) is 13.1. The zero-order valence-corrected chi connectivity index (χ0v) is 10.4. The monoisotopic (exact) mass is 239 g/mol. The van der Waals surface area contributed by atoms with Crippen molar-refractivity contribution in [2.75, 3.05) is 6.54 Å². The molecule has 1 amide bonds. The van der Waals surface area contributed by atoms with Crippen molar-refractivity contribution in [2.45, 2.75) is 27.2 Å². The van der Waals surface area contributed by atoms with E-state index in [1.165, 1.54) is 6.07 Å². The predicted molar refractivity (Wildman–Crippen MR) is 64.5 cm³/mol. The molecule has 4 heteroatoms. The smallest absolute Gasteiger partial charge is 0.255 e. The van der Waals surface area contributed by atoms with Crippen LogP contribution in [0.1, 0.15) is 37.6 Å². The molecule has 3 nitrogen and oxygen atoms in total. The molecule has 1 rings (SSSR count). The minimum absolute atomic E-state index is 0.0288. The maximum absolute atomic E-state index is 12.9. The highest BCUT2D eigenvalue weighted by molar-refractivity contribution is 5.96. The molecular formula is C13H18FNO2. The summed E-state index contributed by atoms with van der Waals surface area (Å²) >= 11 is 0. The molecule has 0 spiro atoms. The minimum Gasteiger partial charge on any atom is -0.507 e. The normalized spacial score (nSPS) is 11.3. The van der Waals surface area contributed by atoms with Crippen LogP contribution in [0.2, 0.25) is 0 Å². The van der Waals surface area contributed by atoms with E-state index in [2.05, 4.69) is 26.1 Å². The molecule has 1 aromatic rings. The number of rotatable bonds is 3. The predicted octanol–water partition coefficient (Wildman–Crippen LogP) is 2.70. The fourth-order valence-electron chi connectivity index (χ4n) is 1.34. The maximum Gasteiger partial charge on any atom is 0.255 e. The number of hydrogen-bond acceptors (Lipinski definition) is 2. The van der Waals surface area contributed by atoms with Gasteiger partial charge in [-0.1, -0.05) is 20.8 Å². The molecule has 0 heterocycles. The second kappa shape index (κ2) is 5.17. The lowest BCUT2D eigenvalue weighted by Gasteiger charge is -2.18. The summed E-state index contributed by atoms with van der Waals surface area (Å²) < 4.78 is 12.9. The van der Waals surface area contributed by atoms with Crippen LogP contribution in [0.5, 0.6) is 5.75 Å². The number of amides is 1. The summed E-state index contributed by atoms with van der Waals surface area (Å²) in [4.78, 5) is 11.7. The first kappa shape index (κ1) is 13.5. The Bertz CT molecular complexity index is 410. The van der Waals surface area contributed by atoms with E-state index in [-0.39, 0.29) is 16.7 Å². The van der Waals surface area contributed by atoms with Crippen LogP contribution in [-0.2, 0) is 0 Å². The Labute approximate surface area is 101 Å².